The summed E-state index contributed by atoms with van der Waals surface area (Å²) in [5, 5.41) is 0. The average Bonchev–Trinajstić information content (AvgIpc) is 2.79. The SMILES string of the molecule is COC(=O)[C@]12CC[C@@H](C)[C@H](C)[C@H]1C1=CC(=O)[C@@H]3[C@@]4(C)C=CC(=O)C(C)(C)[C@@H]4CC[C@@]3(C)[C@]1(C)CC2. The van der Waals surface area contributed by atoms with Gasteiger partial charge in [-0.15, -0.1) is 0 Å². The third kappa shape index (κ3) is 2.83. The molecule has 3 fully saturated rings. The highest BCUT2D eigenvalue weighted by atomic mass is 16.5. The van der Waals surface area contributed by atoms with E-state index in [-0.39, 0.29) is 51.5 Å². The summed E-state index contributed by atoms with van der Waals surface area (Å²) in [7, 11) is 1.52. The number of hydrogen-bond donors (Lipinski definition) is 0. The summed E-state index contributed by atoms with van der Waals surface area (Å²) in [4.78, 5) is 40.5. The number of esters is 1. The Morgan fingerprint density at radius 2 is 1.66 bits per heavy atom. The highest BCUT2D eigenvalue weighted by Gasteiger charge is 2.71. The van der Waals surface area contributed by atoms with Gasteiger partial charge in [-0.1, -0.05) is 60.1 Å². The van der Waals surface area contributed by atoms with E-state index in [2.05, 4.69) is 54.5 Å². The standard InChI is InChI=1S/C31H44O4/c1-18-9-14-31(26(34)35-8)16-15-29(6)20(24(31)19(18)2)17-21(32)25-28(5)12-11-23(33)27(3,4)22(28)10-13-30(25,29)7/h11-12,17-19,22,24-25H,9-10,13-16H2,1-8H3/t18-,19+,22+,24+,25-,28+,29-,30-,31+/m1/s1. The highest BCUT2D eigenvalue weighted by Crippen LogP contribution is 2.74. The molecule has 3 saturated carbocycles. The maximum atomic E-state index is 14.3. The van der Waals surface area contributed by atoms with Crippen LogP contribution >= 0.6 is 0 Å². The second-order valence-corrected chi connectivity index (χ2v) is 14.1. The second kappa shape index (κ2) is 7.42. The van der Waals surface area contributed by atoms with E-state index in [9.17, 15) is 14.4 Å². The fourth-order valence-corrected chi connectivity index (χ4v) is 10.2. The molecular weight excluding hydrogens is 436 g/mol. The Bertz CT molecular complexity index is 1050. The second-order valence-electron chi connectivity index (χ2n) is 14.1. The van der Waals surface area contributed by atoms with E-state index in [4.69, 9.17) is 4.74 Å². The Morgan fingerprint density at radius 1 is 0.971 bits per heavy atom. The first-order valence-electron chi connectivity index (χ1n) is 13.8. The summed E-state index contributed by atoms with van der Waals surface area (Å²) in [6.45, 7) is 15.7. The van der Waals surface area contributed by atoms with Crippen LogP contribution in [0.25, 0.3) is 0 Å². The lowest BCUT2D eigenvalue weighted by molar-refractivity contribution is -0.182. The number of methoxy groups -OCH3 is 1. The van der Waals surface area contributed by atoms with Crippen LogP contribution in [0.4, 0.5) is 0 Å². The van der Waals surface area contributed by atoms with Crippen molar-refractivity contribution < 1.29 is 19.1 Å². The number of fused-ring (bicyclic) bond motifs is 7. The van der Waals surface area contributed by atoms with Crippen LogP contribution in [0.2, 0.25) is 0 Å². The quantitative estimate of drug-likeness (QED) is 0.411. The molecule has 0 aromatic heterocycles. The zero-order valence-corrected chi connectivity index (χ0v) is 23.0. The fourth-order valence-electron chi connectivity index (χ4n) is 10.2. The maximum Gasteiger partial charge on any atom is 0.312 e. The van der Waals surface area contributed by atoms with Crippen molar-refractivity contribution in [2.24, 2.45) is 56.7 Å². The molecule has 4 heteroatoms. The number of carbonyl (C=O) groups excluding carboxylic acids is 3. The van der Waals surface area contributed by atoms with Crippen molar-refractivity contribution in [3.63, 3.8) is 0 Å². The van der Waals surface area contributed by atoms with Gasteiger partial charge in [0.05, 0.1) is 12.5 Å². The summed E-state index contributed by atoms with van der Waals surface area (Å²) in [6.07, 6.45) is 11.3. The predicted octanol–water partition coefficient (Wildman–Crippen LogP) is 6.34. The van der Waals surface area contributed by atoms with Crippen LogP contribution in [-0.2, 0) is 19.1 Å². The first-order chi connectivity index (χ1) is 16.2. The van der Waals surface area contributed by atoms with Gasteiger partial charge in [-0.3, -0.25) is 14.4 Å². The van der Waals surface area contributed by atoms with E-state index in [0.29, 0.717) is 11.8 Å². The summed E-state index contributed by atoms with van der Waals surface area (Å²) >= 11 is 0. The van der Waals surface area contributed by atoms with Crippen molar-refractivity contribution in [1.29, 1.82) is 0 Å². The molecule has 0 aliphatic heterocycles. The summed E-state index contributed by atoms with van der Waals surface area (Å²) in [5.74, 6) is 1.16. The van der Waals surface area contributed by atoms with Crippen molar-refractivity contribution >= 4 is 17.5 Å². The Hall–Kier alpha value is -1.71. The van der Waals surface area contributed by atoms with Crippen LogP contribution < -0.4 is 0 Å². The van der Waals surface area contributed by atoms with Gasteiger partial charge in [-0.25, -0.2) is 0 Å². The lowest BCUT2D eigenvalue weighted by atomic mass is 9.34. The molecule has 9 atom stereocenters. The molecule has 0 spiro atoms. The van der Waals surface area contributed by atoms with Gasteiger partial charge in [0.25, 0.3) is 0 Å². The largest absolute Gasteiger partial charge is 0.469 e. The number of carbonyl (C=O) groups is 3. The third-order valence-corrected chi connectivity index (χ3v) is 12.6. The van der Waals surface area contributed by atoms with Crippen LogP contribution in [0.15, 0.2) is 23.8 Å². The van der Waals surface area contributed by atoms with E-state index in [1.54, 1.807) is 6.08 Å². The van der Waals surface area contributed by atoms with Crippen LogP contribution in [0.1, 0.15) is 87.0 Å². The predicted molar refractivity (Wildman–Crippen MR) is 136 cm³/mol. The lowest BCUT2D eigenvalue weighted by Crippen LogP contribution is -2.66. The molecule has 5 rings (SSSR count). The van der Waals surface area contributed by atoms with Crippen LogP contribution in [0, 0.1) is 56.7 Å². The molecular formula is C31H44O4. The highest BCUT2D eigenvalue weighted by molar-refractivity contribution is 5.99. The van der Waals surface area contributed by atoms with E-state index >= 15 is 0 Å². The van der Waals surface area contributed by atoms with Crippen molar-refractivity contribution in [3.05, 3.63) is 23.8 Å². The zero-order valence-electron chi connectivity index (χ0n) is 23.0. The van der Waals surface area contributed by atoms with Crippen molar-refractivity contribution in [2.75, 3.05) is 7.11 Å². The van der Waals surface area contributed by atoms with Crippen molar-refractivity contribution in [3.8, 4) is 0 Å². The van der Waals surface area contributed by atoms with Gasteiger partial charge < -0.3 is 4.74 Å². The van der Waals surface area contributed by atoms with Gasteiger partial charge in [0.1, 0.15) is 0 Å². The molecule has 0 aromatic rings. The van der Waals surface area contributed by atoms with Crippen LogP contribution in [-0.4, -0.2) is 24.6 Å². The van der Waals surface area contributed by atoms with Crippen molar-refractivity contribution in [1.82, 2.24) is 0 Å². The van der Waals surface area contributed by atoms with Gasteiger partial charge in [-0.2, -0.15) is 0 Å². The van der Waals surface area contributed by atoms with E-state index in [1.807, 2.05) is 6.08 Å². The monoisotopic (exact) mass is 480 g/mol. The maximum absolute atomic E-state index is 14.3. The summed E-state index contributed by atoms with van der Waals surface area (Å²) < 4.78 is 5.43. The smallest absolute Gasteiger partial charge is 0.312 e. The Morgan fingerprint density at radius 3 is 2.31 bits per heavy atom. The summed E-state index contributed by atoms with van der Waals surface area (Å²) in [6, 6.07) is 0. The lowest BCUT2D eigenvalue weighted by Gasteiger charge is -2.69. The van der Waals surface area contributed by atoms with Crippen LogP contribution in [0.5, 0.6) is 0 Å². The summed E-state index contributed by atoms with van der Waals surface area (Å²) in [5.41, 5.74) is -0.496. The average molecular weight is 481 g/mol. The number of allylic oxidation sites excluding steroid dienone is 4. The third-order valence-electron chi connectivity index (χ3n) is 12.6. The normalized spacial score (nSPS) is 50.3. The minimum Gasteiger partial charge on any atom is -0.469 e. The van der Waals surface area contributed by atoms with Gasteiger partial charge in [0, 0.05) is 16.7 Å². The minimum atomic E-state index is -0.518. The molecule has 5 aliphatic carbocycles. The molecule has 0 aromatic carbocycles. The Labute approximate surface area is 211 Å². The van der Waals surface area contributed by atoms with Crippen molar-refractivity contribution in [2.45, 2.75) is 87.0 Å². The molecule has 0 N–H and O–H groups in total. The molecule has 0 amide bonds. The molecule has 192 valence electrons. The van der Waals surface area contributed by atoms with E-state index < -0.39 is 10.8 Å². The first-order valence-corrected chi connectivity index (χ1v) is 13.8. The fraction of sp³-hybridized carbons (Fsp3) is 0.774. The molecule has 4 nitrogen and oxygen atoms in total. The Kier molecular flexibility index (Phi) is 5.29. The van der Waals surface area contributed by atoms with Crippen LogP contribution in [0.3, 0.4) is 0 Å². The molecule has 0 radical (unpaired) electrons. The molecule has 0 heterocycles. The molecule has 0 bridgehead atoms. The van der Waals surface area contributed by atoms with E-state index in [1.165, 1.54) is 12.7 Å². The molecule has 0 saturated heterocycles. The van der Waals surface area contributed by atoms with Gasteiger partial charge in [0.15, 0.2) is 11.6 Å². The number of hydrogen-bond acceptors (Lipinski definition) is 4. The molecule has 35 heavy (non-hydrogen) atoms. The number of ketones is 2. The van der Waals surface area contributed by atoms with Gasteiger partial charge in [0.2, 0.25) is 0 Å². The minimum absolute atomic E-state index is 0.0459. The Balaban J connectivity index is 1.69. The topological polar surface area (TPSA) is 60.4 Å². The molecule has 5 aliphatic rings. The van der Waals surface area contributed by atoms with Gasteiger partial charge >= 0.3 is 5.97 Å². The zero-order chi connectivity index (χ0) is 25.8. The van der Waals surface area contributed by atoms with E-state index in [0.717, 1.165) is 38.5 Å². The number of rotatable bonds is 1. The first kappa shape index (κ1) is 25.0. The molecule has 0 unspecified atom stereocenters. The van der Waals surface area contributed by atoms with Gasteiger partial charge in [-0.05, 0) is 85.2 Å². The number of ether oxygens (including phenoxy) is 1.